The average molecular weight is 396 g/mol. The molecule has 7 nitrogen and oxygen atoms in total. The second-order valence-corrected chi connectivity index (χ2v) is 7.52. The van der Waals surface area contributed by atoms with Crippen molar-refractivity contribution in [3.05, 3.63) is 66.0 Å². The monoisotopic (exact) mass is 395 g/mol. The normalized spacial score (nSPS) is 22.1. The van der Waals surface area contributed by atoms with Gasteiger partial charge in [-0.25, -0.2) is 0 Å². The molecule has 29 heavy (non-hydrogen) atoms. The number of aromatic nitrogens is 1. The highest BCUT2D eigenvalue weighted by atomic mass is 16.2. The van der Waals surface area contributed by atoms with Gasteiger partial charge < -0.3 is 21.3 Å². The van der Waals surface area contributed by atoms with Crippen molar-refractivity contribution in [2.24, 2.45) is 0 Å². The van der Waals surface area contributed by atoms with Crippen molar-refractivity contribution in [1.29, 1.82) is 0 Å². The van der Waals surface area contributed by atoms with Crippen molar-refractivity contribution < 1.29 is 9.59 Å². The minimum Gasteiger partial charge on any atom is -0.350 e. The van der Waals surface area contributed by atoms with Gasteiger partial charge in [-0.1, -0.05) is 36.4 Å². The molecule has 3 unspecified atom stereocenters. The summed E-state index contributed by atoms with van der Waals surface area (Å²) in [6.45, 7) is 5.45. The van der Waals surface area contributed by atoms with E-state index in [2.05, 4.69) is 38.4 Å². The molecular formula is C22H29N5O2. The van der Waals surface area contributed by atoms with Crippen LogP contribution >= 0.6 is 0 Å². The second kappa shape index (κ2) is 9.62. The third-order valence-electron chi connectivity index (χ3n) is 5.38. The topological polar surface area (TPSA) is 95.2 Å². The maximum Gasteiger partial charge on any atom is 0.217 e. The van der Waals surface area contributed by atoms with Crippen LogP contribution in [0.2, 0.25) is 0 Å². The molecule has 3 rings (SSSR count). The Labute approximate surface area is 171 Å². The minimum atomic E-state index is -0.643. The van der Waals surface area contributed by atoms with E-state index in [1.807, 2.05) is 36.4 Å². The second-order valence-electron chi connectivity index (χ2n) is 7.52. The lowest BCUT2D eigenvalue weighted by Crippen LogP contribution is -2.65. The number of nitrogens with one attached hydrogen (secondary N) is 4. The van der Waals surface area contributed by atoms with Gasteiger partial charge in [0.1, 0.15) is 0 Å². The van der Waals surface area contributed by atoms with E-state index < -0.39 is 5.54 Å². The first-order valence-corrected chi connectivity index (χ1v) is 9.93. The van der Waals surface area contributed by atoms with E-state index in [-0.39, 0.29) is 23.8 Å². The molecule has 154 valence electrons. The fourth-order valence-electron chi connectivity index (χ4n) is 4.20. The lowest BCUT2D eigenvalue weighted by Gasteiger charge is -2.42. The van der Waals surface area contributed by atoms with Crippen LogP contribution in [0.25, 0.3) is 0 Å². The van der Waals surface area contributed by atoms with Crippen LogP contribution in [-0.4, -0.2) is 48.0 Å². The van der Waals surface area contributed by atoms with Crippen molar-refractivity contribution in [3.8, 4) is 0 Å². The van der Waals surface area contributed by atoms with Crippen LogP contribution in [0, 0.1) is 0 Å². The Hall–Kier alpha value is -2.77. The molecule has 1 aromatic carbocycles. The number of amides is 2. The number of rotatable bonds is 8. The predicted molar refractivity (Wildman–Crippen MR) is 112 cm³/mol. The molecule has 0 bridgehead atoms. The van der Waals surface area contributed by atoms with E-state index >= 15 is 0 Å². The van der Waals surface area contributed by atoms with Crippen molar-refractivity contribution in [2.75, 3.05) is 19.6 Å². The first-order chi connectivity index (χ1) is 14.0. The summed E-state index contributed by atoms with van der Waals surface area (Å²) in [5.41, 5.74) is 1.42. The molecule has 0 aliphatic carbocycles. The maximum absolute atomic E-state index is 12.2. The van der Waals surface area contributed by atoms with E-state index in [0.29, 0.717) is 26.2 Å². The summed E-state index contributed by atoms with van der Waals surface area (Å²) >= 11 is 0. The lowest BCUT2D eigenvalue weighted by molar-refractivity contribution is -0.123. The molecule has 3 atom stereocenters. The fraction of sp³-hybridized carbons (Fsp3) is 0.409. The van der Waals surface area contributed by atoms with Crippen molar-refractivity contribution in [3.63, 3.8) is 0 Å². The van der Waals surface area contributed by atoms with E-state index in [1.165, 1.54) is 13.8 Å². The number of nitrogens with zero attached hydrogens (tertiary/aromatic N) is 1. The zero-order chi connectivity index (χ0) is 20.7. The summed E-state index contributed by atoms with van der Waals surface area (Å²) in [6.07, 6.45) is 1.78. The van der Waals surface area contributed by atoms with Gasteiger partial charge in [-0.15, -0.1) is 0 Å². The standard InChI is InChI=1S/C22H29N5O2/c1-16(28)26-21-14-24-15-22(21,27-17(2)29)20(18-8-4-3-5-9-18)13-23-12-19-10-6-7-11-25-19/h3-11,20-21,23-24H,12-15H2,1-2H3,(H,26,28)(H,27,29). The van der Waals surface area contributed by atoms with Gasteiger partial charge >= 0.3 is 0 Å². The number of carbonyl (C=O) groups excluding carboxylic acids is 2. The molecule has 7 heteroatoms. The number of hydrogen-bond acceptors (Lipinski definition) is 5. The highest BCUT2D eigenvalue weighted by molar-refractivity contribution is 5.76. The Kier molecular flexibility index (Phi) is 6.95. The zero-order valence-corrected chi connectivity index (χ0v) is 16.9. The number of hydrogen-bond donors (Lipinski definition) is 4. The van der Waals surface area contributed by atoms with Crippen molar-refractivity contribution >= 4 is 11.8 Å². The lowest BCUT2D eigenvalue weighted by atomic mass is 9.75. The van der Waals surface area contributed by atoms with Gasteiger partial charge in [-0.3, -0.25) is 14.6 Å². The smallest absolute Gasteiger partial charge is 0.217 e. The molecule has 0 spiro atoms. The summed E-state index contributed by atoms with van der Waals surface area (Å²) in [5.74, 6) is -0.278. The Morgan fingerprint density at radius 1 is 1.14 bits per heavy atom. The molecule has 2 amide bonds. The molecule has 1 aliphatic heterocycles. The summed E-state index contributed by atoms with van der Waals surface area (Å²) in [7, 11) is 0. The molecule has 1 fully saturated rings. The molecule has 1 aliphatic rings. The molecular weight excluding hydrogens is 366 g/mol. The van der Waals surface area contributed by atoms with Crippen LogP contribution in [0.3, 0.4) is 0 Å². The molecule has 1 saturated heterocycles. The number of pyridine rings is 1. The van der Waals surface area contributed by atoms with Gasteiger partial charge in [0.2, 0.25) is 11.8 Å². The van der Waals surface area contributed by atoms with Gasteiger partial charge in [-0.05, 0) is 17.7 Å². The predicted octanol–water partition coefficient (Wildman–Crippen LogP) is 0.938. The average Bonchev–Trinajstić information content (AvgIpc) is 3.08. The van der Waals surface area contributed by atoms with Gasteiger partial charge in [0.15, 0.2) is 0 Å². The summed E-state index contributed by atoms with van der Waals surface area (Å²) in [5, 5.41) is 13.1. The fourth-order valence-corrected chi connectivity index (χ4v) is 4.20. The molecule has 4 N–H and O–H groups in total. The highest BCUT2D eigenvalue weighted by Crippen LogP contribution is 2.33. The molecule has 2 aromatic rings. The van der Waals surface area contributed by atoms with Gasteiger partial charge in [0.25, 0.3) is 0 Å². The SMILES string of the molecule is CC(=O)NC1CNCC1(NC(C)=O)C(CNCc1ccccn1)c1ccccc1. The summed E-state index contributed by atoms with van der Waals surface area (Å²) in [4.78, 5) is 28.4. The van der Waals surface area contributed by atoms with Gasteiger partial charge in [-0.2, -0.15) is 0 Å². The van der Waals surface area contributed by atoms with Crippen LogP contribution < -0.4 is 21.3 Å². The Morgan fingerprint density at radius 3 is 2.55 bits per heavy atom. The maximum atomic E-state index is 12.2. The van der Waals surface area contributed by atoms with Crippen LogP contribution in [0.15, 0.2) is 54.7 Å². The Bertz CT molecular complexity index is 814. The van der Waals surface area contributed by atoms with Gasteiger partial charge in [0.05, 0.1) is 17.3 Å². The molecule has 0 saturated carbocycles. The first-order valence-electron chi connectivity index (χ1n) is 9.93. The quantitative estimate of drug-likeness (QED) is 0.534. The van der Waals surface area contributed by atoms with E-state index in [4.69, 9.17) is 0 Å². The third-order valence-corrected chi connectivity index (χ3v) is 5.38. The number of benzene rings is 1. The number of carbonyl (C=O) groups is 2. The Morgan fingerprint density at radius 2 is 1.90 bits per heavy atom. The van der Waals surface area contributed by atoms with E-state index in [0.717, 1.165) is 11.3 Å². The van der Waals surface area contributed by atoms with Crippen LogP contribution in [-0.2, 0) is 16.1 Å². The van der Waals surface area contributed by atoms with E-state index in [1.54, 1.807) is 6.20 Å². The van der Waals surface area contributed by atoms with Crippen molar-refractivity contribution in [2.45, 2.75) is 37.9 Å². The van der Waals surface area contributed by atoms with Crippen molar-refractivity contribution in [1.82, 2.24) is 26.3 Å². The highest BCUT2D eigenvalue weighted by Gasteiger charge is 2.50. The van der Waals surface area contributed by atoms with E-state index in [9.17, 15) is 9.59 Å². The molecule has 1 aromatic heterocycles. The van der Waals surface area contributed by atoms with Crippen LogP contribution in [0.1, 0.15) is 31.0 Å². The third kappa shape index (κ3) is 5.19. The van der Waals surface area contributed by atoms with Crippen LogP contribution in [0.5, 0.6) is 0 Å². The summed E-state index contributed by atoms with van der Waals surface area (Å²) < 4.78 is 0. The molecule has 0 radical (unpaired) electrons. The van der Waals surface area contributed by atoms with Gasteiger partial charge in [0, 0.05) is 52.1 Å². The molecule has 2 heterocycles. The largest absolute Gasteiger partial charge is 0.350 e. The van der Waals surface area contributed by atoms with Crippen LogP contribution in [0.4, 0.5) is 0 Å². The first kappa shape index (κ1) is 21.0. The Balaban J connectivity index is 1.90. The zero-order valence-electron chi connectivity index (χ0n) is 16.9. The summed E-state index contributed by atoms with van der Waals surface area (Å²) in [6, 6.07) is 15.7. The minimum absolute atomic E-state index is 0.0526.